The molecule has 10 nitrogen and oxygen atoms in total. The van der Waals surface area contributed by atoms with E-state index in [1.165, 1.54) is 4.90 Å². The van der Waals surface area contributed by atoms with Crippen LogP contribution in [0.25, 0.3) is 5.65 Å². The van der Waals surface area contributed by atoms with E-state index in [1.807, 2.05) is 35.9 Å². The lowest BCUT2D eigenvalue weighted by molar-refractivity contribution is 0.102. The number of imidazole rings is 1. The van der Waals surface area contributed by atoms with E-state index in [4.69, 9.17) is 5.11 Å². The molecule has 3 amide bonds. The number of carbonyl (C=O) groups excluding carboxylic acids is 1. The number of carbonyl (C=O) groups is 2. The van der Waals surface area contributed by atoms with E-state index in [2.05, 4.69) is 25.5 Å². The van der Waals surface area contributed by atoms with E-state index in [9.17, 15) is 9.59 Å². The molecule has 156 valence electrons. The van der Waals surface area contributed by atoms with Crippen LogP contribution in [0, 0.1) is 6.92 Å². The molecule has 1 aliphatic rings. The van der Waals surface area contributed by atoms with Crippen molar-refractivity contribution < 1.29 is 14.7 Å². The summed E-state index contributed by atoms with van der Waals surface area (Å²) in [5, 5.41) is 14.7. The zero-order valence-electron chi connectivity index (χ0n) is 16.6. The summed E-state index contributed by atoms with van der Waals surface area (Å²) in [6.45, 7) is 4.81. The maximum atomic E-state index is 12.4. The number of hydrogen-bond donors (Lipinski definition) is 3. The average Bonchev–Trinajstić information content (AvgIpc) is 3.13. The summed E-state index contributed by atoms with van der Waals surface area (Å²) in [6, 6.07) is 6.88. The molecule has 0 spiro atoms. The zero-order chi connectivity index (χ0) is 21.1. The number of urea groups is 1. The van der Waals surface area contributed by atoms with Crippen molar-refractivity contribution in [1.82, 2.24) is 24.2 Å². The van der Waals surface area contributed by atoms with Crippen molar-refractivity contribution in [3.05, 3.63) is 54.2 Å². The summed E-state index contributed by atoms with van der Waals surface area (Å²) in [7, 11) is 0. The van der Waals surface area contributed by atoms with Gasteiger partial charge >= 0.3 is 12.1 Å². The smallest absolute Gasteiger partial charge is 0.407 e. The molecule has 0 bridgehead atoms. The van der Waals surface area contributed by atoms with Crippen molar-refractivity contribution in [3.8, 4) is 0 Å². The van der Waals surface area contributed by atoms with Crippen molar-refractivity contribution in [3.63, 3.8) is 0 Å². The maximum Gasteiger partial charge on any atom is 0.407 e. The summed E-state index contributed by atoms with van der Waals surface area (Å²) in [5.74, 6) is 0. The van der Waals surface area contributed by atoms with Gasteiger partial charge in [0.1, 0.15) is 0 Å². The highest BCUT2D eigenvalue weighted by atomic mass is 16.4. The van der Waals surface area contributed by atoms with E-state index < -0.39 is 6.09 Å². The highest BCUT2D eigenvalue weighted by molar-refractivity contribution is 6.01. The number of amides is 3. The van der Waals surface area contributed by atoms with E-state index in [0.717, 1.165) is 11.4 Å². The van der Waals surface area contributed by atoms with Crippen LogP contribution in [0.3, 0.4) is 0 Å². The molecule has 1 fully saturated rings. The molecule has 1 saturated heterocycles. The Balaban J connectivity index is 1.42. The highest BCUT2D eigenvalue weighted by Gasteiger charge is 2.21. The topological polar surface area (TPSA) is 115 Å². The number of nitrogens with zero attached hydrogens (tertiary/aromatic N) is 5. The summed E-state index contributed by atoms with van der Waals surface area (Å²) in [5.41, 5.74) is 3.58. The Labute approximate surface area is 173 Å². The molecule has 0 aromatic carbocycles. The van der Waals surface area contributed by atoms with Crippen molar-refractivity contribution in [2.24, 2.45) is 0 Å². The molecular weight excluding hydrogens is 386 g/mol. The third kappa shape index (κ3) is 4.49. The number of hydrogen-bond acceptors (Lipinski definition) is 5. The fourth-order valence-electron chi connectivity index (χ4n) is 3.39. The first-order chi connectivity index (χ1) is 14.5. The summed E-state index contributed by atoms with van der Waals surface area (Å²) < 4.78 is 1.87. The predicted octanol–water partition coefficient (Wildman–Crippen LogP) is 2.48. The second kappa shape index (κ2) is 8.37. The highest BCUT2D eigenvalue weighted by Crippen LogP contribution is 2.18. The van der Waals surface area contributed by atoms with Gasteiger partial charge in [-0.05, 0) is 31.2 Å². The minimum Gasteiger partial charge on any atom is -0.465 e. The standard InChI is InChI=1S/C20H23N7O3/c1-14-4-5-15(11-21-14)23-19(28)24-17-3-2-6-27-13-16(22-18(17)27)12-25-7-9-26(10-8-25)20(29)30/h2-6,11,13H,7-10,12H2,1H3,(H,29,30)(H2,23,24,28). The van der Waals surface area contributed by atoms with E-state index in [0.29, 0.717) is 49.7 Å². The number of aryl methyl sites for hydroxylation is 1. The van der Waals surface area contributed by atoms with Crippen LogP contribution in [-0.4, -0.2) is 67.6 Å². The number of fused-ring (bicyclic) bond motifs is 1. The number of pyridine rings is 2. The van der Waals surface area contributed by atoms with Gasteiger partial charge in [0.25, 0.3) is 0 Å². The number of piperazine rings is 1. The van der Waals surface area contributed by atoms with Gasteiger partial charge in [-0.15, -0.1) is 0 Å². The van der Waals surface area contributed by atoms with Crippen molar-refractivity contribution in [2.75, 3.05) is 36.8 Å². The van der Waals surface area contributed by atoms with Gasteiger partial charge in [-0.3, -0.25) is 9.88 Å². The van der Waals surface area contributed by atoms with Crippen LogP contribution in [0.5, 0.6) is 0 Å². The molecule has 4 heterocycles. The molecule has 10 heteroatoms. The van der Waals surface area contributed by atoms with Crippen LogP contribution in [0.4, 0.5) is 21.0 Å². The van der Waals surface area contributed by atoms with Crippen LogP contribution in [-0.2, 0) is 6.54 Å². The number of carboxylic acid groups (broad SMARTS) is 1. The molecule has 0 aliphatic carbocycles. The fraction of sp³-hybridized carbons (Fsp3) is 0.300. The van der Waals surface area contributed by atoms with Crippen molar-refractivity contribution in [2.45, 2.75) is 13.5 Å². The molecule has 0 unspecified atom stereocenters. The minimum absolute atomic E-state index is 0.372. The van der Waals surface area contributed by atoms with Crippen LogP contribution in [0.1, 0.15) is 11.4 Å². The minimum atomic E-state index is -0.877. The van der Waals surface area contributed by atoms with Crippen LogP contribution < -0.4 is 10.6 Å². The van der Waals surface area contributed by atoms with Gasteiger partial charge in [-0.25, -0.2) is 14.6 Å². The Morgan fingerprint density at radius 2 is 1.93 bits per heavy atom. The van der Waals surface area contributed by atoms with E-state index in [1.54, 1.807) is 18.3 Å². The second-order valence-electron chi connectivity index (χ2n) is 7.20. The number of rotatable bonds is 4. The third-order valence-corrected chi connectivity index (χ3v) is 4.98. The Bertz CT molecular complexity index is 1060. The van der Waals surface area contributed by atoms with Gasteiger partial charge < -0.3 is 25.0 Å². The van der Waals surface area contributed by atoms with Crippen LogP contribution in [0.2, 0.25) is 0 Å². The average molecular weight is 409 g/mol. The Morgan fingerprint density at radius 3 is 2.63 bits per heavy atom. The first-order valence-electron chi connectivity index (χ1n) is 9.65. The molecule has 4 rings (SSSR count). The second-order valence-corrected chi connectivity index (χ2v) is 7.20. The van der Waals surface area contributed by atoms with Crippen molar-refractivity contribution in [1.29, 1.82) is 0 Å². The van der Waals surface area contributed by atoms with Gasteiger partial charge in [0, 0.05) is 50.8 Å². The quantitative estimate of drug-likeness (QED) is 0.610. The molecule has 3 aromatic heterocycles. The summed E-state index contributed by atoms with van der Waals surface area (Å²) >= 11 is 0. The lowest BCUT2D eigenvalue weighted by Gasteiger charge is -2.32. The molecule has 1 aliphatic heterocycles. The first-order valence-corrected chi connectivity index (χ1v) is 9.65. The molecule has 0 atom stereocenters. The van der Waals surface area contributed by atoms with Gasteiger partial charge in [-0.2, -0.15) is 0 Å². The van der Waals surface area contributed by atoms with Gasteiger partial charge in [0.05, 0.1) is 23.3 Å². The largest absolute Gasteiger partial charge is 0.465 e. The Hall–Kier alpha value is -3.66. The first kappa shape index (κ1) is 19.6. The van der Waals surface area contributed by atoms with Gasteiger partial charge in [0.2, 0.25) is 0 Å². The van der Waals surface area contributed by atoms with Gasteiger partial charge in [0.15, 0.2) is 5.65 Å². The Morgan fingerprint density at radius 1 is 1.13 bits per heavy atom. The summed E-state index contributed by atoms with van der Waals surface area (Å²) in [6.07, 6.45) is 4.53. The van der Waals surface area contributed by atoms with E-state index >= 15 is 0 Å². The third-order valence-electron chi connectivity index (χ3n) is 4.98. The van der Waals surface area contributed by atoms with Crippen molar-refractivity contribution >= 4 is 29.1 Å². The van der Waals surface area contributed by atoms with E-state index in [-0.39, 0.29) is 6.03 Å². The predicted molar refractivity (Wildman–Crippen MR) is 112 cm³/mol. The number of anilines is 2. The van der Waals surface area contributed by atoms with Gasteiger partial charge in [-0.1, -0.05) is 0 Å². The fourth-order valence-corrected chi connectivity index (χ4v) is 3.39. The lowest BCUT2D eigenvalue weighted by atomic mass is 10.3. The Kier molecular flexibility index (Phi) is 5.48. The maximum absolute atomic E-state index is 12.4. The van der Waals surface area contributed by atoms with Crippen LogP contribution in [0.15, 0.2) is 42.9 Å². The molecule has 0 radical (unpaired) electrons. The summed E-state index contributed by atoms with van der Waals surface area (Å²) in [4.78, 5) is 35.8. The monoisotopic (exact) mass is 409 g/mol. The molecule has 3 N–H and O–H groups in total. The normalized spacial score (nSPS) is 14.6. The molecule has 0 saturated carbocycles. The molecule has 3 aromatic rings. The molecular formula is C20H23N7O3. The molecule has 30 heavy (non-hydrogen) atoms. The number of nitrogens with one attached hydrogen (secondary N) is 2. The lowest BCUT2D eigenvalue weighted by Crippen LogP contribution is -2.47. The zero-order valence-corrected chi connectivity index (χ0v) is 16.6. The number of aromatic nitrogens is 3. The van der Waals surface area contributed by atoms with Crippen LogP contribution >= 0.6 is 0 Å². The SMILES string of the molecule is Cc1ccc(NC(=O)Nc2cccn3cc(CN4CCN(C(=O)O)CC4)nc23)cn1.